The number of ether oxygens (including phenoxy) is 1. The molecule has 0 radical (unpaired) electrons. The number of nitrogens with zero attached hydrogens (tertiary/aromatic N) is 1. The summed E-state index contributed by atoms with van der Waals surface area (Å²) in [5.74, 6) is -0.708. The number of amides is 1. The van der Waals surface area contributed by atoms with Crippen LogP contribution in [0.1, 0.15) is 35.2 Å². The van der Waals surface area contributed by atoms with Crippen LogP contribution in [0.3, 0.4) is 0 Å². The first-order chi connectivity index (χ1) is 11.4. The van der Waals surface area contributed by atoms with Crippen molar-refractivity contribution in [2.45, 2.75) is 38.3 Å². The van der Waals surface area contributed by atoms with Crippen molar-refractivity contribution >= 4 is 21.7 Å². The molecule has 0 spiro atoms. The minimum absolute atomic E-state index is 0.0149. The number of esters is 1. The van der Waals surface area contributed by atoms with E-state index >= 15 is 0 Å². The third kappa shape index (κ3) is 3.95. The Kier molecular flexibility index (Phi) is 4.62. The van der Waals surface area contributed by atoms with Gasteiger partial charge in [0.1, 0.15) is 0 Å². The fourth-order valence-corrected chi connectivity index (χ4v) is 4.82. The van der Waals surface area contributed by atoms with Crippen LogP contribution >= 0.6 is 0 Å². The van der Waals surface area contributed by atoms with Crippen LogP contribution in [0.5, 0.6) is 0 Å². The maximum absolute atomic E-state index is 12.5. The van der Waals surface area contributed by atoms with Gasteiger partial charge in [0.15, 0.2) is 16.4 Å². The summed E-state index contributed by atoms with van der Waals surface area (Å²) < 4.78 is 28.5. The van der Waals surface area contributed by atoms with Gasteiger partial charge in [-0.3, -0.25) is 4.79 Å². The number of sulfone groups is 1. The summed E-state index contributed by atoms with van der Waals surface area (Å²) in [4.78, 5) is 26.2. The summed E-state index contributed by atoms with van der Waals surface area (Å²) >= 11 is 0. The normalized spacial score (nSPS) is 22.1. The van der Waals surface area contributed by atoms with E-state index in [-0.39, 0.29) is 36.1 Å². The zero-order valence-electron chi connectivity index (χ0n) is 13.6. The van der Waals surface area contributed by atoms with Crippen molar-refractivity contribution in [1.29, 1.82) is 0 Å². The molecule has 130 valence electrons. The molecule has 0 bridgehead atoms. The van der Waals surface area contributed by atoms with Crippen molar-refractivity contribution in [2.24, 2.45) is 0 Å². The number of hydrogen-bond acceptors (Lipinski definition) is 5. The second kappa shape index (κ2) is 6.55. The largest absolute Gasteiger partial charge is 0.452 e. The molecule has 3 rings (SSSR count). The molecule has 1 aromatic carbocycles. The molecule has 0 unspecified atom stereocenters. The van der Waals surface area contributed by atoms with Gasteiger partial charge in [-0.1, -0.05) is 17.7 Å². The number of carbonyl (C=O) groups is 2. The predicted octanol–water partition coefficient (Wildman–Crippen LogP) is 1.33. The first-order valence-corrected chi connectivity index (χ1v) is 9.93. The third-order valence-corrected chi connectivity index (χ3v) is 6.16. The molecule has 24 heavy (non-hydrogen) atoms. The minimum atomic E-state index is -3.06. The fourth-order valence-electron chi connectivity index (χ4n) is 3.11. The Hall–Kier alpha value is -1.89. The second-order valence-electron chi connectivity index (χ2n) is 6.53. The molecule has 1 heterocycles. The Balaban J connectivity index is 1.61. The molecule has 1 atom stereocenters. The van der Waals surface area contributed by atoms with Gasteiger partial charge in [-0.2, -0.15) is 0 Å². The second-order valence-corrected chi connectivity index (χ2v) is 8.76. The van der Waals surface area contributed by atoms with Crippen LogP contribution in [-0.2, 0) is 19.4 Å². The van der Waals surface area contributed by atoms with E-state index in [1.807, 2.05) is 13.0 Å². The average Bonchev–Trinajstić information content (AvgIpc) is 3.28. The first kappa shape index (κ1) is 17.0. The van der Waals surface area contributed by atoms with Crippen LogP contribution in [-0.4, -0.2) is 55.4 Å². The van der Waals surface area contributed by atoms with Crippen molar-refractivity contribution in [3.63, 3.8) is 0 Å². The summed E-state index contributed by atoms with van der Waals surface area (Å²) in [5, 5.41) is 0. The number of rotatable bonds is 5. The van der Waals surface area contributed by atoms with Gasteiger partial charge in [0.05, 0.1) is 17.1 Å². The Morgan fingerprint density at radius 1 is 1.21 bits per heavy atom. The zero-order valence-corrected chi connectivity index (χ0v) is 14.4. The SMILES string of the molecule is Cc1cccc(C(=O)OCC(=O)N(C2CC2)[C@H]2CCS(=O)(=O)C2)c1. The standard InChI is InChI=1S/C17H21NO5S/c1-12-3-2-4-13(9-12)17(20)23-10-16(19)18(14-5-6-14)15-7-8-24(21,22)11-15/h2-4,9,14-15H,5-8,10-11H2,1H3/t15-/m0/s1. The van der Waals surface area contributed by atoms with Crippen LogP contribution in [0.2, 0.25) is 0 Å². The van der Waals surface area contributed by atoms with Crippen molar-refractivity contribution in [3.05, 3.63) is 35.4 Å². The van der Waals surface area contributed by atoms with E-state index in [1.54, 1.807) is 23.1 Å². The Morgan fingerprint density at radius 2 is 1.96 bits per heavy atom. The van der Waals surface area contributed by atoms with Gasteiger partial charge in [0.2, 0.25) is 0 Å². The van der Waals surface area contributed by atoms with Crippen molar-refractivity contribution < 1.29 is 22.7 Å². The van der Waals surface area contributed by atoms with E-state index in [0.29, 0.717) is 12.0 Å². The van der Waals surface area contributed by atoms with E-state index in [9.17, 15) is 18.0 Å². The summed E-state index contributed by atoms with van der Waals surface area (Å²) in [6.07, 6.45) is 2.23. The Bertz CT molecular complexity index is 754. The maximum atomic E-state index is 12.5. The maximum Gasteiger partial charge on any atom is 0.338 e. The lowest BCUT2D eigenvalue weighted by Crippen LogP contribution is -2.44. The van der Waals surface area contributed by atoms with Gasteiger partial charge in [-0.25, -0.2) is 13.2 Å². The van der Waals surface area contributed by atoms with E-state index < -0.39 is 15.8 Å². The molecular weight excluding hydrogens is 330 g/mol. The molecule has 2 aliphatic rings. The highest BCUT2D eigenvalue weighted by Gasteiger charge is 2.42. The smallest absolute Gasteiger partial charge is 0.338 e. The predicted molar refractivity (Wildman–Crippen MR) is 88.4 cm³/mol. The van der Waals surface area contributed by atoms with Crippen molar-refractivity contribution in [3.8, 4) is 0 Å². The average molecular weight is 351 g/mol. The van der Waals surface area contributed by atoms with Gasteiger partial charge >= 0.3 is 5.97 Å². The lowest BCUT2D eigenvalue weighted by molar-refractivity contribution is -0.137. The zero-order chi connectivity index (χ0) is 17.3. The highest BCUT2D eigenvalue weighted by molar-refractivity contribution is 7.91. The quantitative estimate of drug-likeness (QED) is 0.748. The monoisotopic (exact) mass is 351 g/mol. The summed E-state index contributed by atoms with van der Waals surface area (Å²) in [5.41, 5.74) is 1.34. The van der Waals surface area contributed by atoms with Gasteiger partial charge < -0.3 is 9.64 Å². The molecule has 7 heteroatoms. The summed E-state index contributed by atoms with van der Waals surface area (Å²) in [6, 6.07) is 6.78. The van der Waals surface area contributed by atoms with Crippen LogP contribution in [0.25, 0.3) is 0 Å². The topological polar surface area (TPSA) is 80.8 Å². The fraction of sp³-hybridized carbons (Fsp3) is 0.529. The highest BCUT2D eigenvalue weighted by atomic mass is 32.2. The molecule has 1 aliphatic heterocycles. The van der Waals surface area contributed by atoms with E-state index in [0.717, 1.165) is 18.4 Å². The molecule has 2 fully saturated rings. The van der Waals surface area contributed by atoms with Crippen LogP contribution in [0.15, 0.2) is 24.3 Å². The lowest BCUT2D eigenvalue weighted by Gasteiger charge is -2.28. The number of aryl methyl sites for hydroxylation is 1. The molecule has 1 saturated carbocycles. The van der Waals surface area contributed by atoms with E-state index in [1.165, 1.54) is 0 Å². The summed E-state index contributed by atoms with van der Waals surface area (Å²) in [7, 11) is -3.06. The van der Waals surface area contributed by atoms with Crippen LogP contribution in [0.4, 0.5) is 0 Å². The Labute approximate surface area is 141 Å². The number of carbonyl (C=O) groups excluding carboxylic acids is 2. The Morgan fingerprint density at radius 3 is 2.54 bits per heavy atom. The van der Waals surface area contributed by atoms with Gasteiger partial charge in [0.25, 0.3) is 5.91 Å². The number of benzene rings is 1. The molecule has 0 N–H and O–H groups in total. The van der Waals surface area contributed by atoms with Crippen molar-refractivity contribution in [2.75, 3.05) is 18.1 Å². The molecular formula is C17H21NO5S. The van der Waals surface area contributed by atoms with Crippen molar-refractivity contribution in [1.82, 2.24) is 4.90 Å². The van der Waals surface area contributed by atoms with Gasteiger partial charge in [-0.15, -0.1) is 0 Å². The molecule has 1 aliphatic carbocycles. The summed E-state index contributed by atoms with van der Waals surface area (Å²) in [6.45, 7) is 1.52. The molecule has 0 aromatic heterocycles. The molecule has 6 nitrogen and oxygen atoms in total. The molecule has 1 amide bonds. The first-order valence-electron chi connectivity index (χ1n) is 8.11. The lowest BCUT2D eigenvalue weighted by atomic mass is 10.1. The highest BCUT2D eigenvalue weighted by Crippen LogP contribution is 2.32. The van der Waals surface area contributed by atoms with Crippen LogP contribution < -0.4 is 0 Å². The molecule has 1 saturated heterocycles. The van der Waals surface area contributed by atoms with Crippen LogP contribution in [0, 0.1) is 6.92 Å². The van der Waals surface area contributed by atoms with Gasteiger partial charge in [-0.05, 0) is 38.3 Å². The minimum Gasteiger partial charge on any atom is -0.452 e. The van der Waals surface area contributed by atoms with Gasteiger partial charge in [0, 0.05) is 12.1 Å². The molecule has 1 aromatic rings. The third-order valence-electron chi connectivity index (χ3n) is 4.41. The number of hydrogen-bond donors (Lipinski definition) is 0. The van der Waals surface area contributed by atoms with E-state index in [4.69, 9.17) is 4.74 Å². The van der Waals surface area contributed by atoms with E-state index in [2.05, 4.69) is 0 Å².